The van der Waals surface area contributed by atoms with E-state index >= 15 is 0 Å². The summed E-state index contributed by atoms with van der Waals surface area (Å²) < 4.78 is 0. The van der Waals surface area contributed by atoms with E-state index in [0.29, 0.717) is 13.1 Å². The summed E-state index contributed by atoms with van der Waals surface area (Å²) in [4.78, 5) is 27.1. The van der Waals surface area contributed by atoms with E-state index in [1.807, 2.05) is 32.1 Å². The fourth-order valence-electron chi connectivity index (χ4n) is 2.77. The molecule has 1 N–H and O–H groups in total. The maximum absolute atomic E-state index is 12.8. The highest BCUT2D eigenvalue weighted by atomic mass is 16.2. The van der Waals surface area contributed by atoms with Crippen molar-refractivity contribution in [2.24, 2.45) is 11.3 Å². The van der Waals surface area contributed by atoms with Gasteiger partial charge in [0.2, 0.25) is 11.8 Å². The Hall–Kier alpha value is -1.84. The first-order valence-electron chi connectivity index (χ1n) is 8.74. The Morgan fingerprint density at radius 1 is 1.38 bits per heavy atom. The SMILES string of the molecule is C=C/C=C(\C=C/C)CNC(=O)C1CCCN1C(=O)C(C)C(C)(C)C. The van der Waals surface area contributed by atoms with Gasteiger partial charge in [0.05, 0.1) is 0 Å². The average molecular weight is 332 g/mol. The first-order valence-corrected chi connectivity index (χ1v) is 8.74. The highest BCUT2D eigenvalue weighted by molar-refractivity contribution is 5.89. The lowest BCUT2D eigenvalue weighted by molar-refractivity contribution is -0.143. The van der Waals surface area contributed by atoms with Gasteiger partial charge in [-0.2, -0.15) is 0 Å². The number of likely N-dealkylation sites (tertiary alicyclic amines) is 1. The molecule has 1 heterocycles. The highest BCUT2D eigenvalue weighted by Gasteiger charge is 2.38. The van der Waals surface area contributed by atoms with Crippen LogP contribution in [0.15, 0.2) is 36.5 Å². The fraction of sp³-hybridized carbons (Fsp3) is 0.600. The van der Waals surface area contributed by atoms with Crippen LogP contribution in [0.5, 0.6) is 0 Å². The van der Waals surface area contributed by atoms with Crippen LogP contribution in [-0.4, -0.2) is 35.8 Å². The van der Waals surface area contributed by atoms with Gasteiger partial charge in [-0.1, -0.05) is 58.6 Å². The predicted molar refractivity (Wildman–Crippen MR) is 99.5 cm³/mol. The summed E-state index contributed by atoms with van der Waals surface area (Å²) in [6.07, 6.45) is 9.07. The Kier molecular flexibility index (Phi) is 7.46. The van der Waals surface area contributed by atoms with E-state index in [1.54, 1.807) is 11.0 Å². The van der Waals surface area contributed by atoms with Crippen LogP contribution < -0.4 is 5.32 Å². The quantitative estimate of drug-likeness (QED) is 0.757. The molecule has 134 valence electrons. The molecule has 4 nitrogen and oxygen atoms in total. The molecule has 2 unspecified atom stereocenters. The van der Waals surface area contributed by atoms with E-state index in [0.717, 1.165) is 18.4 Å². The number of nitrogens with one attached hydrogen (secondary N) is 1. The second kappa shape index (κ2) is 8.86. The third-order valence-corrected chi connectivity index (χ3v) is 4.69. The number of nitrogens with zero attached hydrogens (tertiary/aromatic N) is 1. The van der Waals surface area contributed by atoms with E-state index in [1.165, 1.54) is 0 Å². The maximum atomic E-state index is 12.8. The van der Waals surface area contributed by atoms with Crippen LogP contribution >= 0.6 is 0 Å². The molecule has 0 bridgehead atoms. The van der Waals surface area contributed by atoms with Crippen molar-refractivity contribution in [2.45, 2.75) is 53.5 Å². The van der Waals surface area contributed by atoms with E-state index in [2.05, 4.69) is 32.7 Å². The van der Waals surface area contributed by atoms with Crippen LogP contribution in [0, 0.1) is 11.3 Å². The van der Waals surface area contributed by atoms with Gasteiger partial charge in [0.15, 0.2) is 0 Å². The molecule has 0 aromatic carbocycles. The van der Waals surface area contributed by atoms with Crippen molar-refractivity contribution in [3.05, 3.63) is 36.5 Å². The normalized spacial score (nSPS) is 20.3. The number of amides is 2. The second-order valence-electron chi connectivity index (χ2n) is 7.47. The molecule has 0 spiro atoms. The van der Waals surface area contributed by atoms with Crippen molar-refractivity contribution in [3.8, 4) is 0 Å². The summed E-state index contributed by atoms with van der Waals surface area (Å²) in [5.74, 6) is -0.0953. The van der Waals surface area contributed by atoms with Gasteiger partial charge < -0.3 is 10.2 Å². The molecule has 1 saturated heterocycles. The van der Waals surface area contributed by atoms with Gasteiger partial charge in [-0.3, -0.25) is 9.59 Å². The molecule has 2 amide bonds. The molecule has 4 heteroatoms. The van der Waals surface area contributed by atoms with Gasteiger partial charge in [0.1, 0.15) is 6.04 Å². The number of hydrogen-bond donors (Lipinski definition) is 1. The Morgan fingerprint density at radius 2 is 2.04 bits per heavy atom. The van der Waals surface area contributed by atoms with Crippen molar-refractivity contribution < 1.29 is 9.59 Å². The zero-order valence-electron chi connectivity index (χ0n) is 15.8. The van der Waals surface area contributed by atoms with E-state index in [4.69, 9.17) is 0 Å². The fourth-order valence-corrected chi connectivity index (χ4v) is 2.77. The minimum Gasteiger partial charge on any atom is -0.350 e. The molecule has 0 aromatic heterocycles. The summed E-state index contributed by atoms with van der Waals surface area (Å²) in [6, 6.07) is -0.349. The molecule has 1 aliphatic heterocycles. The topological polar surface area (TPSA) is 49.4 Å². The van der Waals surface area contributed by atoms with Gasteiger partial charge in [0, 0.05) is 19.0 Å². The van der Waals surface area contributed by atoms with Gasteiger partial charge in [-0.05, 0) is 30.8 Å². The molecule has 0 radical (unpaired) electrons. The maximum Gasteiger partial charge on any atom is 0.243 e. The summed E-state index contributed by atoms with van der Waals surface area (Å²) in [5.41, 5.74) is 0.881. The predicted octanol–water partition coefficient (Wildman–Crippen LogP) is 3.46. The van der Waals surface area contributed by atoms with Crippen molar-refractivity contribution in [1.82, 2.24) is 10.2 Å². The molecular weight excluding hydrogens is 300 g/mol. The molecule has 2 atom stereocenters. The standard InChI is InChI=1S/C20H32N2O2/c1-7-10-16(11-8-2)14-21-18(23)17-12-9-13-22(17)19(24)15(3)20(4,5)6/h7-8,10-11,15,17H,1,9,12-14H2,2-6H3,(H,21,23)/b11-8-,16-10+. The zero-order valence-corrected chi connectivity index (χ0v) is 15.8. The minimum absolute atomic E-state index is 0.0681. The van der Waals surface area contributed by atoms with E-state index in [9.17, 15) is 9.59 Å². The summed E-state index contributed by atoms with van der Waals surface area (Å²) in [5, 5.41) is 2.96. The molecule has 24 heavy (non-hydrogen) atoms. The first kappa shape index (κ1) is 20.2. The van der Waals surface area contributed by atoms with Crippen molar-refractivity contribution in [2.75, 3.05) is 13.1 Å². The Morgan fingerprint density at radius 3 is 2.58 bits per heavy atom. The van der Waals surface area contributed by atoms with Crippen LogP contribution in [0.3, 0.4) is 0 Å². The Balaban J connectivity index is 2.74. The lowest BCUT2D eigenvalue weighted by atomic mass is 9.81. The number of carbonyl (C=O) groups excluding carboxylic acids is 2. The van der Waals surface area contributed by atoms with Crippen molar-refractivity contribution in [1.29, 1.82) is 0 Å². The zero-order chi connectivity index (χ0) is 18.3. The summed E-state index contributed by atoms with van der Waals surface area (Å²) in [6.45, 7) is 14.9. The molecule has 0 aromatic rings. The molecule has 0 saturated carbocycles. The van der Waals surface area contributed by atoms with Gasteiger partial charge >= 0.3 is 0 Å². The van der Waals surface area contributed by atoms with Crippen molar-refractivity contribution in [3.63, 3.8) is 0 Å². The highest BCUT2D eigenvalue weighted by Crippen LogP contribution is 2.30. The number of allylic oxidation sites excluding steroid dienone is 3. The molecular formula is C20H32N2O2. The van der Waals surface area contributed by atoms with E-state index in [-0.39, 0.29) is 29.2 Å². The average Bonchev–Trinajstić information content (AvgIpc) is 3.00. The first-order chi connectivity index (χ1) is 11.2. The lowest BCUT2D eigenvalue weighted by Crippen LogP contribution is -2.49. The lowest BCUT2D eigenvalue weighted by Gasteiger charge is -2.32. The van der Waals surface area contributed by atoms with E-state index < -0.39 is 0 Å². The minimum atomic E-state index is -0.349. The van der Waals surface area contributed by atoms with Crippen LogP contribution in [-0.2, 0) is 9.59 Å². The van der Waals surface area contributed by atoms with Crippen LogP contribution in [0.2, 0.25) is 0 Å². The molecule has 1 aliphatic rings. The number of hydrogen-bond acceptors (Lipinski definition) is 2. The smallest absolute Gasteiger partial charge is 0.243 e. The second-order valence-corrected chi connectivity index (χ2v) is 7.47. The molecule has 1 rings (SSSR count). The van der Waals surface area contributed by atoms with Crippen LogP contribution in [0.25, 0.3) is 0 Å². The third-order valence-electron chi connectivity index (χ3n) is 4.69. The monoisotopic (exact) mass is 332 g/mol. The number of carbonyl (C=O) groups is 2. The Labute approximate surface area is 146 Å². The van der Waals surface area contributed by atoms with Crippen molar-refractivity contribution >= 4 is 11.8 Å². The summed E-state index contributed by atoms with van der Waals surface area (Å²) in [7, 11) is 0. The third kappa shape index (κ3) is 5.36. The van der Waals surface area contributed by atoms with Crippen LogP contribution in [0.1, 0.15) is 47.5 Å². The summed E-state index contributed by atoms with van der Waals surface area (Å²) >= 11 is 0. The molecule has 1 fully saturated rings. The van der Waals surface area contributed by atoms with Gasteiger partial charge in [-0.25, -0.2) is 0 Å². The Bertz CT molecular complexity index is 526. The van der Waals surface area contributed by atoms with Gasteiger partial charge in [-0.15, -0.1) is 0 Å². The molecule has 0 aliphatic carbocycles. The number of rotatable bonds is 6. The largest absolute Gasteiger partial charge is 0.350 e. The van der Waals surface area contributed by atoms with Crippen LogP contribution in [0.4, 0.5) is 0 Å². The van der Waals surface area contributed by atoms with Gasteiger partial charge in [0.25, 0.3) is 0 Å².